The minimum absolute atomic E-state index is 0.163. The molecule has 4 nitrogen and oxygen atoms in total. The number of fused-ring (bicyclic) bond motifs is 1. The molecule has 1 aliphatic heterocycles. The summed E-state index contributed by atoms with van der Waals surface area (Å²) in [5.41, 5.74) is 0.631. The average molecular weight is 269 g/mol. The second kappa shape index (κ2) is 3.79. The van der Waals surface area contributed by atoms with Crippen LogP contribution < -0.4 is 9.47 Å². The third kappa shape index (κ3) is 1.35. The standard InChI is InChI=1S/C13H13ClO4/c1-7-10(13(12(15)16)3-2-4-13)8(14)5-9-11(7)18-6-17-9/h5H,2-4,6H2,1H3,(H,15,16). The number of hydrogen-bond acceptors (Lipinski definition) is 3. The molecule has 1 fully saturated rings. The Kier molecular flexibility index (Phi) is 2.45. The van der Waals surface area contributed by atoms with Crippen molar-refractivity contribution in [1.29, 1.82) is 0 Å². The van der Waals surface area contributed by atoms with Crippen molar-refractivity contribution in [3.8, 4) is 11.5 Å². The molecule has 0 radical (unpaired) electrons. The highest BCUT2D eigenvalue weighted by Gasteiger charge is 2.49. The van der Waals surface area contributed by atoms with Gasteiger partial charge in [-0.15, -0.1) is 0 Å². The van der Waals surface area contributed by atoms with Crippen molar-refractivity contribution in [1.82, 2.24) is 0 Å². The zero-order valence-electron chi connectivity index (χ0n) is 9.96. The molecule has 1 N–H and O–H groups in total. The molecule has 18 heavy (non-hydrogen) atoms. The van der Waals surface area contributed by atoms with Crippen LogP contribution in [0.3, 0.4) is 0 Å². The Morgan fingerprint density at radius 2 is 2.17 bits per heavy atom. The number of carbonyl (C=O) groups is 1. The van der Waals surface area contributed by atoms with Crippen molar-refractivity contribution >= 4 is 17.6 Å². The lowest BCUT2D eigenvalue weighted by Gasteiger charge is -2.39. The highest BCUT2D eigenvalue weighted by molar-refractivity contribution is 6.32. The smallest absolute Gasteiger partial charge is 0.314 e. The number of hydrogen-bond donors (Lipinski definition) is 1. The summed E-state index contributed by atoms with van der Waals surface area (Å²) < 4.78 is 10.7. The van der Waals surface area contributed by atoms with Gasteiger partial charge in [0.1, 0.15) is 0 Å². The zero-order valence-corrected chi connectivity index (χ0v) is 10.7. The van der Waals surface area contributed by atoms with E-state index in [4.69, 9.17) is 21.1 Å². The molecule has 0 bridgehead atoms. The lowest BCUT2D eigenvalue weighted by Crippen LogP contribution is -2.43. The molecule has 0 atom stereocenters. The molecule has 3 rings (SSSR count). The highest BCUT2D eigenvalue weighted by atomic mass is 35.5. The third-order valence-corrected chi connectivity index (χ3v) is 4.25. The molecule has 1 aromatic rings. The van der Waals surface area contributed by atoms with Crippen LogP contribution in [0.4, 0.5) is 0 Å². The predicted molar refractivity (Wildman–Crippen MR) is 65.5 cm³/mol. The van der Waals surface area contributed by atoms with Gasteiger partial charge in [0.25, 0.3) is 0 Å². The van der Waals surface area contributed by atoms with Crippen molar-refractivity contribution in [2.75, 3.05) is 6.79 Å². The molecule has 96 valence electrons. The number of ether oxygens (including phenoxy) is 2. The Hall–Kier alpha value is -1.42. The van der Waals surface area contributed by atoms with Gasteiger partial charge in [-0.3, -0.25) is 4.79 Å². The SMILES string of the molecule is Cc1c2c(cc(Cl)c1C1(C(=O)O)CCC1)OCO2. The van der Waals surface area contributed by atoms with Crippen molar-refractivity contribution in [3.05, 3.63) is 22.2 Å². The fourth-order valence-corrected chi connectivity index (χ4v) is 3.28. The van der Waals surface area contributed by atoms with E-state index in [1.807, 2.05) is 6.92 Å². The Labute approximate surface area is 109 Å². The van der Waals surface area contributed by atoms with Crippen LogP contribution in [0.15, 0.2) is 6.07 Å². The molecule has 1 saturated carbocycles. The Bertz CT molecular complexity index is 534. The van der Waals surface area contributed by atoms with E-state index in [1.165, 1.54) is 0 Å². The van der Waals surface area contributed by atoms with E-state index in [2.05, 4.69) is 0 Å². The third-order valence-electron chi connectivity index (χ3n) is 3.95. The van der Waals surface area contributed by atoms with Crippen LogP contribution >= 0.6 is 11.6 Å². The lowest BCUT2D eigenvalue weighted by molar-refractivity contribution is -0.147. The van der Waals surface area contributed by atoms with Crippen LogP contribution in [-0.2, 0) is 10.2 Å². The largest absolute Gasteiger partial charge is 0.481 e. The molecule has 0 unspecified atom stereocenters. The fraction of sp³-hybridized carbons (Fsp3) is 0.462. The topological polar surface area (TPSA) is 55.8 Å². The Morgan fingerprint density at radius 1 is 1.44 bits per heavy atom. The van der Waals surface area contributed by atoms with Gasteiger partial charge >= 0.3 is 5.97 Å². The van der Waals surface area contributed by atoms with E-state index in [-0.39, 0.29) is 6.79 Å². The summed E-state index contributed by atoms with van der Waals surface area (Å²) >= 11 is 6.26. The number of carboxylic acid groups (broad SMARTS) is 1. The maximum absolute atomic E-state index is 11.6. The molecule has 0 saturated heterocycles. The van der Waals surface area contributed by atoms with Crippen LogP contribution in [0.25, 0.3) is 0 Å². The van der Waals surface area contributed by atoms with Crippen LogP contribution in [0.5, 0.6) is 11.5 Å². The fourth-order valence-electron chi connectivity index (χ4n) is 2.86. The summed E-state index contributed by atoms with van der Waals surface area (Å²) in [6, 6.07) is 1.66. The number of rotatable bonds is 2. The Balaban J connectivity index is 2.21. The normalized spacial score (nSPS) is 19.4. The lowest BCUT2D eigenvalue weighted by atomic mass is 9.63. The molecule has 1 heterocycles. The second-order valence-corrected chi connectivity index (χ2v) is 5.24. The maximum Gasteiger partial charge on any atom is 0.314 e. The van der Waals surface area contributed by atoms with E-state index < -0.39 is 11.4 Å². The van der Waals surface area contributed by atoms with Crippen molar-refractivity contribution < 1.29 is 19.4 Å². The minimum atomic E-state index is -0.845. The summed E-state index contributed by atoms with van der Waals surface area (Å²) in [5.74, 6) is 0.417. The summed E-state index contributed by atoms with van der Waals surface area (Å²) in [6.07, 6.45) is 2.17. The first-order valence-electron chi connectivity index (χ1n) is 5.89. The number of carboxylic acids is 1. The summed E-state index contributed by atoms with van der Waals surface area (Å²) in [4.78, 5) is 11.6. The predicted octanol–water partition coefficient (Wildman–Crippen LogP) is 2.88. The van der Waals surface area contributed by atoms with Gasteiger partial charge in [-0.05, 0) is 25.3 Å². The average Bonchev–Trinajstić information content (AvgIpc) is 2.68. The summed E-state index contributed by atoms with van der Waals surface area (Å²) in [6.45, 7) is 2.01. The van der Waals surface area contributed by atoms with E-state index in [1.54, 1.807) is 6.07 Å². The van der Waals surface area contributed by atoms with E-state index in [9.17, 15) is 9.90 Å². The number of halogens is 1. The molecule has 0 amide bonds. The number of aliphatic carboxylic acids is 1. The number of benzene rings is 1. The maximum atomic E-state index is 11.6. The van der Waals surface area contributed by atoms with Crippen molar-refractivity contribution in [3.63, 3.8) is 0 Å². The van der Waals surface area contributed by atoms with Gasteiger partial charge in [0, 0.05) is 16.7 Å². The van der Waals surface area contributed by atoms with Gasteiger partial charge in [-0.1, -0.05) is 18.0 Å². The van der Waals surface area contributed by atoms with E-state index >= 15 is 0 Å². The second-order valence-electron chi connectivity index (χ2n) is 4.83. The Morgan fingerprint density at radius 3 is 2.72 bits per heavy atom. The molecular formula is C13H13ClO4. The summed E-state index contributed by atoms with van der Waals surface area (Å²) in [5, 5.41) is 9.96. The first-order chi connectivity index (χ1) is 8.56. The molecule has 0 spiro atoms. The van der Waals surface area contributed by atoms with E-state index in [0.29, 0.717) is 34.9 Å². The first-order valence-corrected chi connectivity index (χ1v) is 6.26. The molecule has 2 aliphatic rings. The van der Waals surface area contributed by atoms with E-state index in [0.717, 1.165) is 12.0 Å². The van der Waals surface area contributed by atoms with Gasteiger partial charge in [0.2, 0.25) is 6.79 Å². The van der Waals surface area contributed by atoms with Gasteiger partial charge in [-0.2, -0.15) is 0 Å². The van der Waals surface area contributed by atoms with Gasteiger partial charge in [0.15, 0.2) is 11.5 Å². The molecule has 5 heteroatoms. The van der Waals surface area contributed by atoms with Crippen LogP contribution in [0.2, 0.25) is 5.02 Å². The minimum Gasteiger partial charge on any atom is -0.481 e. The molecular weight excluding hydrogens is 256 g/mol. The molecule has 1 aromatic carbocycles. The quantitative estimate of drug-likeness (QED) is 0.896. The van der Waals surface area contributed by atoms with Crippen molar-refractivity contribution in [2.45, 2.75) is 31.6 Å². The van der Waals surface area contributed by atoms with Gasteiger partial charge < -0.3 is 14.6 Å². The van der Waals surface area contributed by atoms with Crippen LogP contribution in [-0.4, -0.2) is 17.9 Å². The van der Waals surface area contributed by atoms with Gasteiger partial charge in [-0.25, -0.2) is 0 Å². The first kappa shape index (κ1) is 11.7. The van der Waals surface area contributed by atoms with Crippen molar-refractivity contribution in [2.24, 2.45) is 0 Å². The highest BCUT2D eigenvalue weighted by Crippen LogP contribution is 2.52. The monoisotopic (exact) mass is 268 g/mol. The molecule has 0 aromatic heterocycles. The zero-order chi connectivity index (χ0) is 12.9. The van der Waals surface area contributed by atoms with Crippen LogP contribution in [0, 0.1) is 6.92 Å². The summed E-state index contributed by atoms with van der Waals surface area (Å²) in [7, 11) is 0. The molecule has 1 aliphatic carbocycles. The van der Waals surface area contributed by atoms with Gasteiger partial charge in [0.05, 0.1) is 5.41 Å². The van der Waals surface area contributed by atoms with Crippen LogP contribution in [0.1, 0.15) is 30.4 Å².